The highest BCUT2D eigenvalue weighted by Crippen LogP contribution is 2.33. The maximum absolute atomic E-state index is 5.35. The summed E-state index contributed by atoms with van der Waals surface area (Å²) in [4.78, 5) is 1.25. The molecule has 0 heterocycles. The summed E-state index contributed by atoms with van der Waals surface area (Å²) in [6, 6.07) is 17.4. The smallest absolute Gasteiger partial charge is 0.120 e. The van der Waals surface area contributed by atoms with E-state index in [1.165, 1.54) is 16.1 Å². The summed E-state index contributed by atoms with van der Waals surface area (Å²) in [7, 11) is 1.71. The Morgan fingerprint density at radius 2 is 1.86 bits per heavy atom. The molecule has 0 N–H and O–H groups in total. The molecule has 0 aliphatic rings. The van der Waals surface area contributed by atoms with Gasteiger partial charge >= 0.3 is 0 Å². The van der Waals surface area contributed by atoms with Gasteiger partial charge in [-0.25, -0.2) is 0 Å². The molecule has 0 amide bonds. The Kier molecular flexibility index (Phi) is 5.57. The Labute approximate surface area is 132 Å². The number of rotatable bonds is 6. The second kappa shape index (κ2) is 7.41. The fraction of sp³-hybridized carbons (Fsp3) is 0.333. The predicted octanol–water partition coefficient (Wildman–Crippen LogP) is 5.32. The second-order valence-corrected chi connectivity index (χ2v) is 6.24. The van der Waals surface area contributed by atoms with Gasteiger partial charge in [-0.3, -0.25) is 0 Å². The quantitative estimate of drug-likeness (QED) is 0.670. The van der Waals surface area contributed by atoms with E-state index in [0.717, 1.165) is 12.2 Å². The third kappa shape index (κ3) is 4.18. The van der Waals surface area contributed by atoms with Gasteiger partial charge in [0.2, 0.25) is 0 Å². The lowest BCUT2D eigenvalue weighted by atomic mass is 10.2. The largest absolute Gasteiger partial charge is 0.497 e. The van der Waals surface area contributed by atoms with E-state index < -0.39 is 0 Å². The molecule has 0 aliphatic carbocycles. The van der Waals surface area contributed by atoms with Crippen molar-refractivity contribution in [3.8, 4) is 5.75 Å². The van der Waals surface area contributed by atoms with E-state index in [4.69, 9.17) is 4.74 Å². The van der Waals surface area contributed by atoms with Crippen LogP contribution >= 0.6 is 11.9 Å². The maximum Gasteiger partial charge on any atom is 0.120 e. The highest BCUT2D eigenvalue weighted by atomic mass is 32.2. The predicted molar refractivity (Wildman–Crippen MR) is 92.3 cm³/mol. The molecule has 2 nitrogen and oxygen atoms in total. The zero-order chi connectivity index (χ0) is 15.2. The SMILES string of the molecule is CCC(C)N(Sc1ccc(C)cc1)c1cccc(OC)c1. The molecular formula is C18H23NOS. The van der Waals surface area contributed by atoms with Crippen LogP contribution in [-0.4, -0.2) is 13.2 Å². The standard InChI is InChI=1S/C18H23NOS/c1-5-15(3)19(16-7-6-8-17(13-16)20-4)21-18-11-9-14(2)10-12-18/h6-13,15H,5H2,1-4H3. The third-order valence-electron chi connectivity index (χ3n) is 3.52. The number of anilines is 1. The molecular weight excluding hydrogens is 278 g/mol. The number of hydrogen-bond donors (Lipinski definition) is 0. The Morgan fingerprint density at radius 1 is 1.14 bits per heavy atom. The first-order valence-corrected chi connectivity index (χ1v) is 8.09. The Hall–Kier alpha value is -1.61. The molecule has 112 valence electrons. The normalized spacial score (nSPS) is 12.0. The molecule has 0 saturated carbocycles. The third-order valence-corrected chi connectivity index (χ3v) is 4.77. The molecule has 2 aromatic rings. The summed E-state index contributed by atoms with van der Waals surface area (Å²) < 4.78 is 7.70. The summed E-state index contributed by atoms with van der Waals surface area (Å²) in [6.07, 6.45) is 1.09. The fourth-order valence-electron chi connectivity index (χ4n) is 2.02. The van der Waals surface area contributed by atoms with Crippen LogP contribution in [0.5, 0.6) is 5.75 Å². The lowest BCUT2D eigenvalue weighted by Crippen LogP contribution is -2.25. The van der Waals surface area contributed by atoms with Gasteiger partial charge in [-0.2, -0.15) is 0 Å². The first kappa shape index (κ1) is 15.8. The maximum atomic E-state index is 5.35. The number of methoxy groups -OCH3 is 1. The lowest BCUT2D eigenvalue weighted by Gasteiger charge is -2.29. The number of ether oxygens (including phenoxy) is 1. The van der Waals surface area contributed by atoms with Gasteiger partial charge < -0.3 is 9.04 Å². The first-order chi connectivity index (χ1) is 10.1. The molecule has 3 heteroatoms. The summed E-state index contributed by atoms with van der Waals surface area (Å²) in [5, 5.41) is 0. The zero-order valence-corrected chi connectivity index (χ0v) is 14.0. The molecule has 0 fully saturated rings. The highest BCUT2D eigenvalue weighted by Gasteiger charge is 2.15. The van der Waals surface area contributed by atoms with Gasteiger partial charge in [-0.1, -0.05) is 30.7 Å². The van der Waals surface area contributed by atoms with Gasteiger partial charge in [0.25, 0.3) is 0 Å². The van der Waals surface area contributed by atoms with E-state index in [1.54, 1.807) is 19.1 Å². The van der Waals surface area contributed by atoms with Crippen molar-refractivity contribution in [1.82, 2.24) is 0 Å². The molecule has 1 atom stereocenters. The van der Waals surface area contributed by atoms with E-state index >= 15 is 0 Å². The number of benzene rings is 2. The van der Waals surface area contributed by atoms with E-state index in [2.05, 4.69) is 61.5 Å². The molecule has 0 aromatic heterocycles. The number of aryl methyl sites for hydroxylation is 1. The summed E-state index contributed by atoms with van der Waals surface area (Å²) >= 11 is 1.78. The average molecular weight is 301 g/mol. The molecule has 0 radical (unpaired) electrons. The first-order valence-electron chi connectivity index (χ1n) is 7.32. The summed E-state index contributed by atoms with van der Waals surface area (Å²) in [5.41, 5.74) is 2.46. The van der Waals surface area contributed by atoms with Crippen LogP contribution < -0.4 is 9.04 Å². The van der Waals surface area contributed by atoms with Crippen LogP contribution in [0.15, 0.2) is 53.4 Å². The Morgan fingerprint density at radius 3 is 2.48 bits per heavy atom. The van der Waals surface area contributed by atoms with Crippen LogP contribution in [0.1, 0.15) is 25.8 Å². The van der Waals surface area contributed by atoms with E-state index in [0.29, 0.717) is 6.04 Å². The minimum Gasteiger partial charge on any atom is -0.497 e. The van der Waals surface area contributed by atoms with Crippen molar-refractivity contribution in [1.29, 1.82) is 0 Å². The van der Waals surface area contributed by atoms with E-state index in [9.17, 15) is 0 Å². The van der Waals surface area contributed by atoms with Gasteiger partial charge in [-0.05, 0) is 56.5 Å². The van der Waals surface area contributed by atoms with Crippen LogP contribution in [0.4, 0.5) is 5.69 Å². The summed E-state index contributed by atoms with van der Waals surface area (Å²) in [6.45, 7) is 6.58. The van der Waals surface area contributed by atoms with Gasteiger partial charge in [0.05, 0.1) is 12.8 Å². The van der Waals surface area contributed by atoms with Crippen molar-refractivity contribution in [3.63, 3.8) is 0 Å². The lowest BCUT2D eigenvalue weighted by molar-refractivity contribution is 0.415. The minimum absolute atomic E-state index is 0.448. The van der Waals surface area contributed by atoms with Crippen LogP contribution in [0, 0.1) is 6.92 Å². The molecule has 1 unspecified atom stereocenters. The van der Waals surface area contributed by atoms with Crippen molar-refractivity contribution in [2.45, 2.75) is 38.1 Å². The molecule has 2 aromatic carbocycles. The van der Waals surface area contributed by atoms with E-state index in [-0.39, 0.29) is 0 Å². The van der Waals surface area contributed by atoms with Crippen molar-refractivity contribution >= 4 is 17.6 Å². The molecule has 0 bridgehead atoms. The molecule has 21 heavy (non-hydrogen) atoms. The van der Waals surface area contributed by atoms with Gasteiger partial charge in [0.1, 0.15) is 5.75 Å². The van der Waals surface area contributed by atoms with Crippen LogP contribution in [0.3, 0.4) is 0 Å². The summed E-state index contributed by atoms with van der Waals surface area (Å²) in [5.74, 6) is 0.894. The van der Waals surface area contributed by atoms with Crippen molar-refractivity contribution in [2.75, 3.05) is 11.4 Å². The number of hydrogen-bond acceptors (Lipinski definition) is 3. The minimum atomic E-state index is 0.448. The molecule has 0 aliphatic heterocycles. The average Bonchev–Trinajstić information content (AvgIpc) is 2.53. The van der Waals surface area contributed by atoms with Crippen molar-refractivity contribution in [3.05, 3.63) is 54.1 Å². The topological polar surface area (TPSA) is 12.5 Å². The van der Waals surface area contributed by atoms with Crippen LogP contribution in [-0.2, 0) is 0 Å². The van der Waals surface area contributed by atoms with Gasteiger partial charge in [0, 0.05) is 17.0 Å². The molecule has 2 rings (SSSR count). The Bertz CT molecular complexity index is 568. The number of nitrogens with zero attached hydrogens (tertiary/aromatic N) is 1. The van der Waals surface area contributed by atoms with E-state index in [1.807, 2.05) is 12.1 Å². The fourth-order valence-corrected chi connectivity index (χ4v) is 3.06. The van der Waals surface area contributed by atoms with Gasteiger partial charge in [-0.15, -0.1) is 0 Å². The monoisotopic (exact) mass is 301 g/mol. The highest BCUT2D eigenvalue weighted by molar-refractivity contribution is 8.00. The molecule has 0 saturated heterocycles. The Balaban J connectivity index is 2.27. The zero-order valence-electron chi connectivity index (χ0n) is 13.2. The van der Waals surface area contributed by atoms with Crippen LogP contribution in [0.2, 0.25) is 0 Å². The molecule has 0 spiro atoms. The van der Waals surface area contributed by atoms with Crippen molar-refractivity contribution < 1.29 is 4.74 Å². The van der Waals surface area contributed by atoms with Crippen LogP contribution in [0.25, 0.3) is 0 Å². The van der Waals surface area contributed by atoms with Crippen molar-refractivity contribution in [2.24, 2.45) is 0 Å². The van der Waals surface area contributed by atoms with Gasteiger partial charge in [0.15, 0.2) is 0 Å². The second-order valence-electron chi connectivity index (χ2n) is 5.19.